The molecule has 4 heterocycles. The molecule has 0 radical (unpaired) electrons. The first-order chi connectivity index (χ1) is 14.5. The molecule has 1 aliphatic rings. The highest BCUT2D eigenvalue weighted by Crippen LogP contribution is 2.30. The maximum atomic E-state index is 4.57. The predicted molar refractivity (Wildman–Crippen MR) is 125 cm³/mol. The molecular weight excluding hydrogens is 372 g/mol. The summed E-state index contributed by atoms with van der Waals surface area (Å²) >= 11 is 0. The number of hydrogen-bond acceptors (Lipinski definition) is 5. The molecule has 0 atom stereocenters. The third-order valence-corrected chi connectivity index (χ3v) is 5.98. The van der Waals surface area contributed by atoms with E-state index in [0.29, 0.717) is 0 Å². The van der Waals surface area contributed by atoms with Crippen LogP contribution in [0.2, 0.25) is 0 Å². The molecule has 1 fully saturated rings. The number of anilines is 1. The number of aromatic nitrogens is 3. The summed E-state index contributed by atoms with van der Waals surface area (Å²) < 4.78 is 1.93. The van der Waals surface area contributed by atoms with E-state index in [9.17, 15) is 0 Å². The quantitative estimate of drug-likeness (QED) is 0.704. The van der Waals surface area contributed by atoms with Gasteiger partial charge in [-0.05, 0) is 50.2 Å². The second kappa shape index (κ2) is 8.32. The van der Waals surface area contributed by atoms with Crippen LogP contribution in [0.5, 0.6) is 0 Å². The van der Waals surface area contributed by atoms with Crippen molar-refractivity contribution in [1.82, 2.24) is 24.4 Å². The molecule has 0 bridgehead atoms. The number of nitrogens with zero attached hydrogens (tertiary/aromatic N) is 5. The fraction of sp³-hybridized carbons (Fsp3) is 0.333. The van der Waals surface area contributed by atoms with Crippen LogP contribution < -0.4 is 5.32 Å². The van der Waals surface area contributed by atoms with E-state index in [0.717, 1.165) is 71.0 Å². The van der Waals surface area contributed by atoms with Gasteiger partial charge in [-0.2, -0.15) is 5.10 Å². The van der Waals surface area contributed by atoms with Gasteiger partial charge in [0.05, 0.1) is 23.6 Å². The van der Waals surface area contributed by atoms with E-state index in [4.69, 9.17) is 0 Å². The molecule has 1 saturated heterocycles. The number of likely N-dealkylation sites (N-methyl/N-ethyl adjacent to an activating group) is 1. The van der Waals surface area contributed by atoms with Crippen molar-refractivity contribution in [2.75, 3.05) is 45.6 Å². The zero-order valence-electron chi connectivity index (χ0n) is 18.3. The Balaban J connectivity index is 1.73. The average molecular weight is 403 g/mol. The van der Waals surface area contributed by atoms with Crippen LogP contribution >= 0.6 is 0 Å². The third-order valence-electron chi connectivity index (χ3n) is 5.98. The van der Waals surface area contributed by atoms with Gasteiger partial charge in [-0.1, -0.05) is 12.7 Å². The lowest BCUT2D eigenvalue weighted by atomic mass is 9.96. The largest absolute Gasteiger partial charge is 0.387 e. The molecule has 30 heavy (non-hydrogen) atoms. The van der Waals surface area contributed by atoms with E-state index in [1.165, 1.54) is 0 Å². The fourth-order valence-electron chi connectivity index (χ4n) is 4.04. The fourth-order valence-corrected chi connectivity index (χ4v) is 4.04. The van der Waals surface area contributed by atoms with Gasteiger partial charge in [-0.15, -0.1) is 0 Å². The lowest BCUT2D eigenvalue weighted by Gasteiger charge is -2.35. The number of allylic oxidation sites excluding steroid dienone is 1. The molecule has 0 aliphatic carbocycles. The zero-order valence-corrected chi connectivity index (χ0v) is 18.3. The van der Waals surface area contributed by atoms with Crippen LogP contribution in [0.3, 0.4) is 0 Å². The van der Waals surface area contributed by atoms with Crippen molar-refractivity contribution >= 4 is 22.5 Å². The Kier molecular flexibility index (Phi) is 5.59. The first-order valence-electron chi connectivity index (χ1n) is 10.4. The van der Waals surface area contributed by atoms with Crippen molar-refractivity contribution in [2.45, 2.75) is 13.8 Å². The molecule has 1 aliphatic heterocycles. The lowest BCUT2D eigenvalue weighted by Crippen LogP contribution is -2.43. The van der Waals surface area contributed by atoms with E-state index in [2.05, 4.69) is 76.9 Å². The van der Waals surface area contributed by atoms with Crippen LogP contribution in [0.25, 0.3) is 16.8 Å². The number of piperazine rings is 1. The maximum absolute atomic E-state index is 4.57. The lowest BCUT2D eigenvalue weighted by molar-refractivity contribution is 0.207. The molecule has 4 rings (SSSR count). The summed E-state index contributed by atoms with van der Waals surface area (Å²) in [7, 11) is 4.08. The number of aryl methyl sites for hydroxylation is 1. The SMILES string of the molecule is C=C(c1cnn2ccc(/C(=C/C)c3cc(NC)cnc3C)cc12)N1CCN(C)CC1. The molecule has 0 amide bonds. The Bertz CT molecular complexity index is 1100. The minimum absolute atomic E-state index is 0.994. The van der Waals surface area contributed by atoms with Gasteiger partial charge >= 0.3 is 0 Å². The van der Waals surface area contributed by atoms with Gasteiger partial charge in [-0.25, -0.2) is 4.52 Å². The van der Waals surface area contributed by atoms with Crippen LogP contribution in [0, 0.1) is 6.92 Å². The van der Waals surface area contributed by atoms with E-state index < -0.39 is 0 Å². The second-order valence-corrected chi connectivity index (χ2v) is 7.85. The highest BCUT2D eigenvalue weighted by atomic mass is 15.3. The maximum Gasteiger partial charge on any atom is 0.0760 e. The Hall–Kier alpha value is -3.12. The molecule has 1 N–H and O–H groups in total. The van der Waals surface area contributed by atoms with Crippen molar-refractivity contribution in [3.8, 4) is 0 Å². The van der Waals surface area contributed by atoms with Gasteiger partial charge in [0.25, 0.3) is 0 Å². The Morgan fingerprint density at radius 2 is 1.90 bits per heavy atom. The predicted octanol–water partition coefficient (Wildman–Crippen LogP) is 3.75. The summed E-state index contributed by atoms with van der Waals surface area (Å²) in [6, 6.07) is 6.48. The molecule has 6 heteroatoms. The smallest absolute Gasteiger partial charge is 0.0760 e. The van der Waals surface area contributed by atoms with Gasteiger partial charge in [0.1, 0.15) is 0 Å². The second-order valence-electron chi connectivity index (χ2n) is 7.85. The van der Waals surface area contributed by atoms with Gasteiger partial charge < -0.3 is 15.1 Å². The van der Waals surface area contributed by atoms with E-state index >= 15 is 0 Å². The van der Waals surface area contributed by atoms with Gasteiger partial charge in [-0.3, -0.25) is 4.98 Å². The van der Waals surface area contributed by atoms with Crippen LogP contribution in [0.4, 0.5) is 5.69 Å². The standard InChI is InChI=1S/C24H30N6/c1-6-21(22-14-20(25-4)15-26-17(22)2)19-7-8-30-24(13-19)23(16-27-30)18(3)29-11-9-28(5)10-12-29/h6-8,13-16,25H,3,9-12H2,1-2,4-5H3/b21-6-. The molecular formula is C24H30N6. The first kappa shape index (κ1) is 20.2. The third kappa shape index (κ3) is 3.71. The van der Waals surface area contributed by atoms with E-state index in [-0.39, 0.29) is 0 Å². The highest BCUT2D eigenvalue weighted by molar-refractivity contribution is 5.85. The van der Waals surface area contributed by atoms with Crippen molar-refractivity contribution in [1.29, 1.82) is 0 Å². The Morgan fingerprint density at radius 1 is 1.13 bits per heavy atom. The van der Waals surface area contributed by atoms with Crippen LogP contribution in [0.15, 0.2) is 49.4 Å². The molecule has 0 unspecified atom stereocenters. The van der Waals surface area contributed by atoms with Crippen LogP contribution in [-0.2, 0) is 0 Å². The Morgan fingerprint density at radius 3 is 2.60 bits per heavy atom. The number of nitrogens with one attached hydrogen (secondary N) is 1. The summed E-state index contributed by atoms with van der Waals surface area (Å²) in [6.07, 6.45) is 7.98. The molecule has 6 nitrogen and oxygen atoms in total. The summed E-state index contributed by atoms with van der Waals surface area (Å²) in [6.45, 7) is 12.6. The van der Waals surface area contributed by atoms with E-state index in [1.54, 1.807) is 0 Å². The minimum atomic E-state index is 0.994. The normalized spacial score (nSPS) is 15.6. The van der Waals surface area contributed by atoms with Crippen molar-refractivity contribution in [3.05, 3.63) is 71.8 Å². The number of rotatable bonds is 5. The first-order valence-corrected chi connectivity index (χ1v) is 10.4. The number of pyridine rings is 2. The molecule has 0 aromatic carbocycles. The Labute approximate surface area is 178 Å². The van der Waals surface area contributed by atoms with Crippen LogP contribution in [-0.4, -0.2) is 64.7 Å². The summed E-state index contributed by atoms with van der Waals surface area (Å²) in [5.41, 5.74) is 8.68. The minimum Gasteiger partial charge on any atom is -0.387 e. The van der Waals surface area contributed by atoms with Gasteiger partial charge in [0, 0.05) is 61.9 Å². The van der Waals surface area contributed by atoms with Crippen molar-refractivity contribution < 1.29 is 0 Å². The van der Waals surface area contributed by atoms with Crippen LogP contribution in [0.1, 0.15) is 29.3 Å². The van der Waals surface area contributed by atoms with Gasteiger partial charge in [0.15, 0.2) is 0 Å². The molecule has 3 aromatic heterocycles. The molecule has 156 valence electrons. The number of fused-ring (bicyclic) bond motifs is 1. The van der Waals surface area contributed by atoms with Crippen molar-refractivity contribution in [2.24, 2.45) is 0 Å². The summed E-state index contributed by atoms with van der Waals surface area (Å²) in [5.74, 6) is 0. The summed E-state index contributed by atoms with van der Waals surface area (Å²) in [5, 5.41) is 7.76. The topological polar surface area (TPSA) is 48.7 Å². The van der Waals surface area contributed by atoms with Crippen molar-refractivity contribution in [3.63, 3.8) is 0 Å². The number of hydrogen-bond donors (Lipinski definition) is 1. The van der Waals surface area contributed by atoms with E-state index in [1.807, 2.05) is 30.2 Å². The zero-order chi connectivity index (χ0) is 21.3. The molecule has 3 aromatic rings. The molecule has 0 spiro atoms. The average Bonchev–Trinajstić information content (AvgIpc) is 3.19. The monoisotopic (exact) mass is 402 g/mol. The van der Waals surface area contributed by atoms with Gasteiger partial charge in [0.2, 0.25) is 0 Å². The summed E-state index contributed by atoms with van der Waals surface area (Å²) in [4.78, 5) is 9.28. The highest BCUT2D eigenvalue weighted by Gasteiger charge is 2.19. The molecule has 0 saturated carbocycles.